The number of hydrogen-bond acceptors (Lipinski definition) is 6. The number of benzene rings is 2. The zero-order valence-electron chi connectivity index (χ0n) is 13.9. The number of fused-ring (bicyclic) bond motifs is 1. The molecule has 0 amide bonds. The van der Waals surface area contributed by atoms with Crippen LogP contribution in [-0.2, 0) is 4.79 Å². The van der Waals surface area contributed by atoms with Crippen molar-refractivity contribution in [2.24, 2.45) is 0 Å². The maximum atomic E-state index is 12.7. The van der Waals surface area contributed by atoms with Gasteiger partial charge in [0.1, 0.15) is 28.9 Å². The zero-order chi connectivity index (χ0) is 18.8. The van der Waals surface area contributed by atoms with Gasteiger partial charge in [-0.2, -0.15) is 0 Å². The van der Waals surface area contributed by atoms with E-state index in [0.717, 1.165) is 4.47 Å². The van der Waals surface area contributed by atoms with Gasteiger partial charge in [0.2, 0.25) is 11.2 Å². The van der Waals surface area contributed by atoms with Crippen molar-refractivity contribution < 1.29 is 23.8 Å². The van der Waals surface area contributed by atoms with E-state index in [4.69, 9.17) is 13.9 Å². The molecule has 1 atom stereocenters. The molecule has 0 spiro atoms. The Balaban J connectivity index is 1.98. The van der Waals surface area contributed by atoms with Crippen LogP contribution >= 0.6 is 15.9 Å². The number of halogens is 1. The molecule has 26 heavy (non-hydrogen) atoms. The summed E-state index contributed by atoms with van der Waals surface area (Å²) in [5.74, 6) is -0.169. The molecule has 0 aliphatic heterocycles. The summed E-state index contributed by atoms with van der Waals surface area (Å²) >= 11 is 3.34. The quantitative estimate of drug-likeness (QED) is 0.633. The molecular formula is C19H14BrO6-. The minimum Gasteiger partial charge on any atom is -0.546 e. The Bertz CT molecular complexity index is 1020. The second-order valence-corrected chi connectivity index (χ2v) is 6.53. The van der Waals surface area contributed by atoms with E-state index in [2.05, 4.69) is 15.9 Å². The van der Waals surface area contributed by atoms with Crippen molar-refractivity contribution in [2.45, 2.75) is 20.0 Å². The highest BCUT2D eigenvalue weighted by molar-refractivity contribution is 9.10. The van der Waals surface area contributed by atoms with Crippen molar-refractivity contribution in [3.05, 3.63) is 62.9 Å². The Hall–Kier alpha value is -2.80. The smallest absolute Gasteiger partial charge is 0.235 e. The molecule has 3 rings (SSSR count). The van der Waals surface area contributed by atoms with Gasteiger partial charge < -0.3 is 23.8 Å². The van der Waals surface area contributed by atoms with Gasteiger partial charge in [-0.15, -0.1) is 0 Å². The topological polar surface area (TPSA) is 88.8 Å². The van der Waals surface area contributed by atoms with Crippen molar-refractivity contribution in [3.8, 4) is 17.2 Å². The molecule has 1 aromatic heterocycles. The van der Waals surface area contributed by atoms with Crippen molar-refractivity contribution in [1.82, 2.24) is 0 Å². The van der Waals surface area contributed by atoms with Crippen LogP contribution in [0, 0.1) is 6.92 Å². The highest BCUT2D eigenvalue weighted by Gasteiger charge is 2.15. The van der Waals surface area contributed by atoms with E-state index in [9.17, 15) is 14.7 Å². The third-order valence-corrected chi connectivity index (χ3v) is 4.19. The number of rotatable bonds is 5. The summed E-state index contributed by atoms with van der Waals surface area (Å²) in [6, 6.07) is 11.5. The van der Waals surface area contributed by atoms with E-state index in [0.29, 0.717) is 16.9 Å². The maximum Gasteiger partial charge on any atom is 0.235 e. The average molecular weight is 418 g/mol. The lowest BCUT2D eigenvalue weighted by Gasteiger charge is -2.15. The van der Waals surface area contributed by atoms with Crippen molar-refractivity contribution in [3.63, 3.8) is 0 Å². The number of aliphatic carboxylic acids is 1. The molecule has 3 aromatic rings. The highest BCUT2D eigenvalue weighted by Crippen LogP contribution is 2.28. The van der Waals surface area contributed by atoms with E-state index in [1.165, 1.54) is 25.1 Å². The summed E-state index contributed by atoms with van der Waals surface area (Å²) in [6.07, 6.45) is -1.12. The van der Waals surface area contributed by atoms with Crippen molar-refractivity contribution in [1.29, 1.82) is 0 Å². The Morgan fingerprint density at radius 1 is 1.15 bits per heavy atom. The first kappa shape index (κ1) is 18.0. The first-order valence-corrected chi connectivity index (χ1v) is 8.53. The summed E-state index contributed by atoms with van der Waals surface area (Å²) in [5.41, 5.74) is -0.0510. The number of hydrogen-bond donors (Lipinski definition) is 0. The minimum absolute atomic E-state index is 0.0941. The van der Waals surface area contributed by atoms with Gasteiger partial charge in [-0.05, 0) is 50.2 Å². The molecule has 2 aromatic carbocycles. The Morgan fingerprint density at radius 2 is 1.81 bits per heavy atom. The molecule has 134 valence electrons. The van der Waals surface area contributed by atoms with Crippen LogP contribution < -0.4 is 20.0 Å². The molecule has 0 saturated heterocycles. The number of carboxylic acids is 1. The van der Waals surface area contributed by atoms with Crippen LogP contribution in [0.25, 0.3) is 11.0 Å². The van der Waals surface area contributed by atoms with Gasteiger partial charge in [0.05, 0.1) is 11.4 Å². The summed E-state index contributed by atoms with van der Waals surface area (Å²) in [4.78, 5) is 23.5. The largest absolute Gasteiger partial charge is 0.546 e. The van der Waals surface area contributed by atoms with Crippen molar-refractivity contribution in [2.75, 3.05) is 0 Å². The van der Waals surface area contributed by atoms with Gasteiger partial charge in [-0.25, -0.2) is 0 Å². The van der Waals surface area contributed by atoms with Gasteiger partial charge in [0.15, 0.2) is 0 Å². The summed E-state index contributed by atoms with van der Waals surface area (Å²) < 4.78 is 17.5. The van der Waals surface area contributed by atoms with Crippen LogP contribution in [0.4, 0.5) is 0 Å². The van der Waals surface area contributed by atoms with Gasteiger partial charge in [0, 0.05) is 10.5 Å². The fourth-order valence-corrected chi connectivity index (χ4v) is 2.60. The molecule has 7 heteroatoms. The minimum atomic E-state index is -1.33. The van der Waals surface area contributed by atoms with E-state index in [-0.39, 0.29) is 22.5 Å². The molecule has 0 fully saturated rings. The molecule has 0 saturated carbocycles. The second kappa shape index (κ2) is 7.21. The fourth-order valence-electron chi connectivity index (χ4n) is 2.33. The Morgan fingerprint density at radius 3 is 2.46 bits per heavy atom. The second-order valence-electron chi connectivity index (χ2n) is 5.61. The summed E-state index contributed by atoms with van der Waals surface area (Å²) in [6.45, 7) is 2.97. The highest BCUT2D eigenvalue weighted by atomic mass is 79.9. The number of ether oxygens (including phenoxy) is 2. The van der Waals surface area contributed by atoms with Gasteiger partial charge in [-0.1, -0.05) is 15.9 Å². The molecule has 1 heterocycles. The van der Waals surface area contributed by atoms with Crippen molar-refractivity contribution >= 4 is 32.9 Å². The third kappa shape index (κ3) is 3.72. The van der Waals surface area contributed by atoms with Crippen LogP contribution in [0.3, 0.4) is 0 Å². The average Bonchev–Trinajstić information content (AvgIpc) is 2.60. The van der Waals surface area contributed by atoms with E-state index in [1.54, 1.807) is 31.2 Å². The van der Waals surface area contributed by atoms with E-state index in [1.807, 2.05) is 0 Å². The standard InChI is InChI=1S/C19H15BrO6/c1-10-18(26-13-5-3-12(20)4-6-13)17(21)15-8-7-14(9-16(15)25-10)24-11(2)19(22)23/h3-9,11H,1-2H3,(H,22,23)/p-1/t11-/m0/s1. The van der Waals surface area contributed by atoms with Gasteiger partial charge >= 0.3 is 0 Å². The Labute approximate surface area is 157 Å². The number of carboxylic acid groups (broad SMARTS) is 1. The molecule has 0 aliphatic rings. The molecule has 6 nitrogen and oxygen atoms in total. The fraction of sp³-hybridized carbons (Fsp3) is 0.158. The normalized spacial score (nSPS) is 12.0. The van der Waals surface area contributed by atoms with Crippen LogP contribution in [0.5, 0.6) is 17.2 Å². The first-order valence-electron chi connectivity index (χ1n) is 7.73. The SMILES string of the molecule is Cc1oc2cc(O[C@@H](C)C(=O)[O-])ccc2c(=O)c1Oc1ccc(Br)cc1. The Kier molecular flexibility index (Phi) is 4.99. The van der Waals surface area contributed by atoms with Gasteiger partial charge in [0.25, 0.3) is 0 Å². The lowest BCUT2D eigenvalue weighted by molar-refractivity contribution is -0.312. The zero-order valence-corrected chi connectivity index (χ0v) is 15.5. The molecule has 0 unspecified atom stereocenters. The van der Waals surface area contributed by atoms with E-state index < -0.39 is 12.1 Å². The lowest BCUT2D eigenvalue weighted by atomic mass is 10.2. The molecule has 0 radical (unpaired) electrons. The molecule has 0 N–H and O–H groups in total. The number of aryl methyl sites for hydroxylation is 1. The third-order valence-electron chi connectivity index (χ3n) is 3.67. The van der Waals surface area contributed by atoms with Crippen LogP contribution in [-0.4, -0.2) is 12.1 Å². The predicted octanol–water partition coefficient (Wildman–Crippen LogP) is 3.17. The lowest BCUT2D eigenvalue weighted by Crippen LogP contribution is -2.37. The summed E-state index contributed by atoms with van der Waals surface area (Å²) in [7, 11) is 0. The van der Waals surface area contributed by atoms with E-state index >= 15 is 0 Å². The number of carbonyl (C=O) groups is 1. The van der Waals surface area contributed by atoms with Crippen LogP contribution in [0.15, 0.2) is 56.1 Å². The predicted molar refractivity (Wildman–Crippen MR) is 96.5 cm³/mol. The van der Waals surface area contributed by atoms with Gasteiger partial charge in [-0.3, -0.25) is 4.79 Å². The van der Waals surface area contributed by atoms with Crippen LogP contribution in [0.1, 0.15) is 12.7 Å². The number of carbonyl (C=O) groups excluding carboxylic acids is 1. The summed E-state index contributed by atoms with van der Waals surface area (Å²) in [5, 5.41) is 11.1. The monoisotopic (exact) mass is 417 g/mol. The molecule has 0 bridgehead atoms. The molecule has 0 aliphatic carbocycles. The first-order chi connectivity index (χ1) is 12.3. The molecular weight excluding hydrogens is 404 g/mol. The maximum absolute atomic E-state index is 12.7. The van der Waals surface area contributed by atoms with Crippen LogP contribution in [0.2, 0.25) is 0 Å².